The highest BCUT2D eigenvalue weighted by molar-refractivity contribution is 7.11. The van der Waals surface area contributed by atoms with E-state index in [2.05, 4.69) is 26.3 Å². The van der Waals surface area contributed by atoms with Crippen LogP contribution in [0.25, 0.3) is 0 Å². The molecule has 1 aromatic heterocycles. The maximum absolute atomic E-state index is 13.4. The predicted molar refractivity (Wildman–Crippen MR) is 149 cm³/mol. The number of benzene rings is 1. The number of alkyl carbamates (subject to hydrolysis) is 1. The zero-order valence-electron chi connectivity index (χ0n) is 23.2. The third kappa shape index (κ3) is 9.15. The van der Waals surface area contributed by atoms with E-state index in [1.165, 1.54) is 11.3 Å². The lowest BCUT2D eigenvalue weighted by Crippen LogP contribution is -2.58. The number of nitrogens with one attached hydrogen (secondary N) is 4. The van der Waals surface area contributed by atoms with E-state index < -0.39 is 47.7 Å². The van der Waals surface area contributed by atoms with Gasteiger partial charge in [-0.1, -0.05) is 58.0 Å². The minimum absolute atomic E-state index is 0.0180. The van der Waals surface area contributed by atoms with Crippen LogP contribution in [0, 0.1) is 11.8 Å². The van der Waals surface area contributed by atoms with Crippen molar-refractivity contribution in [3.8, 4) is 0 Å². The third-order valence-electron chi connectivity index (χ3n) is 6.26. The molecule has 0 saturated heterocycles. The summed E-state index contributed by atoms with van der Waals surface area (Å²) in [6.45, 7) is 7.63. The fourth-order valence-corrected chi connectivity index (χ4v) is 5.13. The topological polar surface area (TPSA) is 156 Å². The number of thiazole rings is 1. The van der Waals surface area contributed by atoms with E-state index in [9.17, 15) is 24.0 Å². The van der Waals surface area contributed by atoms with Crippen molar-refractivity contribution in [2.75, 3.05) is 6.54 Å². The van der Waals surface area contributed by atoms with Gasteiger partial charge in [0.1, 0.15) is 24.7 Å². The molecule has 3 rings (SSSR count). The van der Waals surface area contributed by atoms with Gasteiger partial charge in [-0.2, -0.15) is 0 Å². The fraction of sp³-hybridized carbons (Fsp3) is 0.500. The summed E-state index contributed by atoms with van der Waals surface area (Å²) in [6, 6.07) is 6.06. The standard InChI is InChI=1S/C28H37N5O6S/c1-16(2)12-21(25(35)31-20-13-19-14-30-22(40-19)10-11-29-27(37)24(20)34)32-26(36)23(17(3)4)33-28(38)39-15-18-8-6-5-7-9-18/h5-9,14,16-17,20-21,23H,10-13,15H2,1-4H3,(H,29,37)(H,31,35)(H,32,36)(H,33,38). The van der Waals surface area contributed by atoms with E-state index in [-0.39, 0.29) is 37.8 Å². The number of ketones is 1. The molecule has 2 heterocycles. The number of fused-ring (bicyclic) bond motifs is 2. The average molecular weight is 572 g/mol. The zero-order valence-corrected chi connectivity index (χ0v) is 24.0. The van der Waals surface area contributed by atoms with Crippen LogP contribution in [0.5, 0.6) is 0 Å². The Bertz CT molecular complexity index is 1200. The molecule has 4 N–H and O–H groups in total. The maximum Gasteiger partial charge on any atom is 0.408 e. The van der Waals surface area contributed by atoms with Crippen molar-refractivity contribution in [1.29, 1.82) is 0 Å². The number of hydrogen-bond acceptors (Lipinski definition) is 8. The molecule has 2 bridgehead atoms. The van der Waals surface area contributed by atoms with Crippen LogP contribution in [-0.4, -0.2) is 59.3 Å². The van der Waals surface area contributed by atoms with E-state index in [4.69, 9.17) is 4.74 Å². The summed E-state index contributed by atoms with van der Waals surface area (Å²) in [7, 11) is 0. The molecule has 0 fully saturated rings. The van der Waals surface area contributed by atoms with Crippen molar-refractivity contribution in [3.63, 3.8) is 0 Å². The summed E-state index contributed by atoms with van der Waals surface area (Å²) in [6.07, 6.45) is 1.80. The third-order valence-corrected chi connectivity index (χ3v) is 7.34. The number of hydrogen-bond donors (Lipinski definition) is 4. The molecular formula is C28H37N5O6S. The van der Waals surface area contributed by atoms with Gasteiger partial charge in [-0.15, -0.1) is 11.3 Å². The summed E-state index contributed by atoms with van der Waals surface area (Å²) in [5.74, 6) is -2.98. The predicted octanol–water partition coefficient (Wildman–Crippen LogP) is 1.89. The summed E-state index contributed by atoms with van der Waals surface area (Å²) < 4.78 is 5.26. The molecule has 3 atom stereocenters. The summed E-state index contributed by atoms with van der Waals surface area (Å²) in [5, 5.41) is 11.4. The van der Waals surface area contributed by atoms with Gasteiger partial charge >= 0.3 is 6.09 Å². The van der Waals surface area contributed by atoms with Gasteiger partial charge in [-0.25, -0.2) is 9.78 Å². The van der Waals surface area contributed by atoms with Crippen molar-refractivity contribution < 1.29 is 28.7 Å². The lowest BCUT2D eigenvalue weighted by Gasteiger charge is -2.27. The van der Waals surface area contributed by atoms with Gasteiger partial charge < -0.3 is 26.0 Å². The molecule has 2 aromatic rings. The van der Waals surface area contributed by atoms with Crippen molar-refractivity contribution in [3.05, 3.63) is 52.0 Å². The van der Waals surface area contributed by atoms with Gasteiger partial charge in [0, 0.05) is 30.5 Å². The molecule has 12 heteroatoms. The second-order valence-electron chi connectivity index (χ2n) is 10.5. The smallest absolute Gasteiger partial charge is 0.408 e. The number of aromatic nitrogens is 1. The molecule has 1 aliphatic rings. The lowest BCUT2D eigenvalue weighted by atomic mass is 9.99. The number of carbonyl (C=O) groups is 5. The highest BCUT2D eigenvalue weighted by Crippen LogP contribution is 2.17. The van der Waals surface area contributed by atoms with Gasteiger partial charge in [0.05, 0.1) is 5.01 Å². The molecule has 0 radical (unpaired) electrons. The lowest BCUT2D eigenvalue weighted by molar-refractivity contribution is -0.140. The molecule has 40 heavy (non-hydrogen) atoms. The number of carbonyl (C=O) groups excluding carboxylic acids is 5. The molecule has 216 valence electrons. The molecule has 3 unspecified atom stereocenters. The van der Waals surface area contributed by atoms with Gasteiger partial charge in [-0.3, -0.25) is 19.2 Å². The molecule has 1 aromatic carbocycles. The quantitative estimate of drug-likeness (QED) is 0.317. The highest BCUT2D eigenvalue weighted by Gasteiger charge is 2.33. The zero-order chi connectivity index (χ0) is 29.2. The second kappa shape index (κ2) is 14.5. The number of amides is 4. The van der Waals surface area contributed by atoms with Crippen LogP contribution in [0.4, 0.5) is 4.79 Å². The summed E-state index contributed by atoms with van der Waals surface area (Å²) in [4.78, 5) is 69.5. The summed E-state index contributed by atoms with van der Waals surface area (Å²) >= 11 is 1.42. The first-order chi connectivity index (χ1) is 19.0. The highest BCUT2D eigenvalue weighted by atomic mass is 32.1. The van der Waals surface area contributed by atoms with Gasteiger partial charge in [0.2, 0.25) is 17.6 Å². The van der Waals surface area contributed by atoms with Crippen LogP contribution in [0.3, 0.4) is 0 Å². The SMILES string of the molecule is CC(C)CC(NC(=O)C(NC(=O)OCc1ccccc1)C(C)C)C(=O)NC1Cc2cnc(s2)CCNC(=O)C1=O. The maximum atomic E-state index is 13.4. The largest absolute Gasteiger partial charge is 0.445 e. The van der Waals surface area contributed by atoms with E-state index >= 15 is 0 Å². The Morgan fingerprint density at radius 3 is 2.48 bits per heavy atom. The van der Waals surface area contributed by atoms with E-state index in [0.29, 0.717) is 6.42 Å². The molecule has 1 aliphatic heterocycles. The van der Waals surface area contributed by atoms with Crippen LogP contribution in [0.2, 0.25) is 0 Å². The first-order valence-corrected chi connectivity index (χ1v) is 14.2. The van der Waals surface area contributed by atoms with Crippen LogP contribution >= 0.6 is 11.3 Å². The van der Waals surface area contributed by atoms with Crippen molar-refractivity contribution in [1.82, 2.24) is 26.3 Å². The Hall–Kier alpha value is -3.80. The van der Waals surface area contributed by atoms with Crippen molar-refractivity contribution in [2.24, 2.45) is 11.8 Å². The molecule has 0 spiro atoms. The molecule has 0 aliphatic carbocycles. The fourth-order valence-electron chi connectivity index (χ4n) is 4.16. The van der Waals surface area contributed by atoms with E-state index in [1.807, 2.05) is 44.2 Å². The van der Waals surface area contributed by atoms with E-state index in [1.54, 1.807) is 20.0 Å². The van der Waals surface area contributed by atoms with Gasteiger partial charge in [0.15, 0.2) is 0 Å². The van der Waals surface area contributed by atoms with E-state index in [0.717, 1.165) is 15.4 Å². The normalized spacial score (nSPS) is 17.0. The first-order valence-electron chi connectivity index (χ1n) is 13.4. The minimum atomic E-state index is -1.11. The minimum Gasteiger partial charge on any atom is -0.445 e. The number of rotatable bonds is 10. The molecule has 0 saturated carbocycles. The van der Waals surface area contributed by atoms with Gasteiger partial charge in [0.25, 0.3) is 5.91 Å². The Balaban J connectivity index is 1.68. The second-order valence-corrected chi connectivity index (χ2v) is 11.7. The number of nitrogens with zero attached hydrogens (tertiary/aromatic N) is 1. The monoisotopic (exact) mass is 571 g/mol. The van der Waals surface area contributed by atoms with Crippen LogP contribution in [0.1, 0.15) is 49.6 Å². The molecule has 4 amide bonds. The van der Waals surface area contributed by atoms with Crippen LogP contribution < -0.4 is 21.3 Å². The number of ether oxygens (including phenoxy) is 1. The van der Waals surface area contributed by atoms with Gasteiger partial charge in [-0.05, 0) is 23.8 Å². The average Bonchev–Trinajstić information content (AvgIpc) is 3.35. The van der Waals surface area contributed by atoms with Crippen molar-refractivity contribution in [2.45, 2.75) is 71.7 Å². The molecule has 11 nitrogen and oxygen atoms in total. The molecular weight excluding hydrogens is 534 g/mol. The Morgan fingerprint density at radius 2 is 1.80 bits per heavy atom. The first kappa shape index (κ1) is 30.7. The summed E-state index contributed by atoms with van der Waals surface area (Å²) in [5.41, 5.74) is 0.801. The Morgan fingerprint density at radius 1 is 1.07 bits per heavy atom. The van der Waals surface area contributed by atoms with Crippen LogP contribution in [0.15, 0.2) is 36.5 Å². The Labute approximate surface area is 237 Å². The van der Waals surface area contributed by atoms with Crippen molar-refractivity contribution >= 4 is 40.9 Å². The van der Waals surface area contributed by atoms with Crippen LogP contribution in [-0.2, 0) is 43.4 Å². The number of Topliss-reactive ketones (excluding diaryl/α,β-unsaturated/α-hetero) is 1. The Kier molecular flexibility index (Phi) is 11.2.